The Morgan fingerprint density at radius 3 is 2.44 bits per heavy atom. The molecule has 12 heteroatoms. The summed E-state index contributed by atoms with van der Waals surface area (Å²) >= 11 is 0. The molecule has 2 aromatic carbocycles. The first-order valence-electron chi connectivity index (χ1n) is 11.2. The number of aromatic nitrogens is 4. The highest BCUT2D eigenvalue weighted by atomic mass is 19.3. The average molecular weight is 505 g/mol. The van der Waals surface area contributed by atoms with Crippen LogP contribution in [-0.4, -0.2) is 50.8 Å². The smallest absolute Gasteiger partial charge is 0.287 e. The number of hydrogen-bond acceptors (Lipinski definition) is 6. The van der Waals surface area contributed by atoms with Gasteiger partial charge in [-0.2, -0.15) is 0 Å². The van der Waals surface area contributed by atoms with Gasteiger partial charge in [0.15, 0.2) is 12.2 Å². The largest absolute Gasteiger partial charge is 0.484 e. The van der Waals surface area contributed by atoms with Crippen molar-refractivity contribution in [3.8, 4) is 5.75 Å². The first-order valence-corrected chi connectivity index (χ1v) is 11.2. The van der Waals surface area contributed by atoms with Gasteiger partial charge in [0.1, 0.15) is 23.7 Å². The molecule has 8 nitrogen and oxygen atoms in total. The van der Waals surface area contributed by atoms with Crippen molar-refractivity contribution in [1.29, 1.82) is 0 Å². The molecule has 36 heavy (non-hydrogen) atoms. The van der Waals surface area contributed by atoms with Gasteiger partial charge in [0.25, 0.3) is 11.8 Å². The molecule has 6 rings (SSSR count). The lowest BCUT2D eigenvalue weighted by molar-refractivity contribution is -0.347. The minimum Gasteiger partial charge on any atom is -0.484 e. The van der Waals surface area contributed by atoms with Crippen molar-refractivity contribution >= 4 is 5.91 Å². The maximum Gasteiger partial charge on any atom is 0.287 e. The second-order valence-electron chi connectivity index (χ2n) is 9.64. The molecule has 3 aliphatic carbocycles. The van der Waals surface area contributed by atoms with Gasteiger partial charge in [0.2, 0.25) is 0 Å². The summed E-state index contributed by atoms with van der Waals surface area (Å²) in [6, 6.07) is 9.02. The topological polar surface area (TPSA) is 102 Å². The highest BCUT2D eigenvalue weighted by Crippen LogP contribution is 2.80. The Morgan fingerprint density at radius 2 is 1.86 bits per heavy atom. The number of tetrazole rings is 1. The summed E-state index contributed by atoms with van der Waals surface area (Å²) in [4.78, 5) is 11.3. The Morgan fingerprint density at radius 1 is 1.17 bits per heavy atom. The third-order valence-corrected chi connectivity index (χ3v) is 7.49. The van der Waals surface area contributed by atoms with Gasteiger partial charge < -0.3 is 15.2 Å². The van der Waals surface area contributed by atoms with Crippen LogP contribution in [0.3, 0.4) is 0 Å². The number of hydrogen-bond donors (Lipinski definition) is 2. The lowest BCUT2D eigenvalue weighted by Gasteiger charge is -2.74. The number of rotatable bonds is 9. The lowest BCUT2D eigenvalue weighted by atomic mass is 9.30. The molecule has 1 atom stereocenters. The molecule has 0 aliphatic heterocycles. The predicted octanol–water partition coefficient (Wildman–Crippen LogP) is 2.72. The highest BCUT2D eigenvalue weighted by molar-refractivity contribution is 5.77. The number of alkyl halides is 2. The van der Waals surface area contributed by atoms with Crippen molar-refractivity contribution in [1.82, 2.24) is 25.5 Å². The van der Waals surface area contributed by atoms with Gasteiger partial charge in [-0.3, -0.25) is 4.79 Å². The number of nitrogens with one attached hydrogen (secondary N) is 1. The molecule has 3 aromatic rings. The Bertz CT molecular complexity index is 1270. The third-order valence-electron chi connectivity index (χ3n) is 7.49. The lowest BCUT2D eigenvalue weighted by Crippen LogP contribution is -2.76. The fraction of sp³-hybridized carbons (Fsp3) is 0.417. The monoisotopic (exact) mass is 505 g/mol. The van der Waals surface area contributed by atoms with Crippen molar-refractivity contribution in [2.75, 3.05) is 13.7 Å². The molecule has 2 bridgehead atoms. The van der Waals surface area contributed by atoms with Crippen LogP contribution in [0.5, 0.6) is 5.75 Å². The Hall–Kier alpha value is -3.54. The molecule has 0 radical (unpaired) electrons. The van der Waals surface area contributed by atoms with E-state index in [-0.39, 0.29) is 31.8 Å². The van der Waals surface area contributed by atoms with Gasteiger partial charge in [-0.1, -0.05) is 12.1 Å². The summed E-state index contributed by atoms with van der Waals surface area (Å²) in [7, 11) is 1.50. The number of amides is 1. The van der Waals surface area contributed by atoms with E-state index in [2.05, 4.69) is 20.8 Å². The normalized spacial score (nSPS) is 24.3. The van der Waals surface area contributed by atoms with Crippen LogP contribution >= 0.6 is 0 Å². The quantitative estimate of drug-likeness (QED) is 0.434. The zero-order valence-electron chi connectivity index (χ0n) is 19.2. The molecule has 3 aliphatic rings. The summed E-state index contributed by atoms with van der Waals surface area (Å²) in [6.07, 6.45) is 1.27. The highest BCUT2D eigenvalue weighted by Gasteiger charge is 2.82. The molecule has 0 unspecified atom stereocenters. The zero-order valence-corrected chi connectivity index (χ0v) is 19.2. The van der Waals surface area contributed by atoms with Crippen molar-refractivity contribution in [3.63, 3.8) is 0 Å². The molecule has 1 aromatic heterocycles. The van der Waals surface area contributed by atoms with Crippen LogP contribution in [0.4, 0.5) is 17.6 Å². The van der Waals surface area contributed by atoms with Gasteiger partial charge >= 0.3 is 0 Å². The first-order chi connectivity index (χ1) is 17.0. The van der Waals surface area contributed by atoms with E-state index < -0.39 is 46.1 Å². The van der Waals surface area contributed by atoms with Crippen LogP contribution in [0.15, 0.2) is 48.8 Å². The van der Waals surface area contributed by atoms with Gasteiger partial charge in [-0.15, -0.1) is 5.10 Å². The molecule has 3 fully saturated rings. The van der Waals surface area contributed by atoms with E-state index in [0.717, 1.165) is 28.7 Å². The number of carbonyl (C=O) groups is 1. The first kappa shape index (κ1) is 24.2. The van der Waals surface area contributed by atoms with Crippen LogP contribution in [0, 0.1) is 17.0 Å². The van der Waals surface area contributed by atoms with Crippen LogP contribution in [-0.2, 0) is 22.4 Å². The fourth-order valence-corrected chi connectivity index (χ4v) is 5.66. The van der Waals surface area contributed by atoms with Gasteiger partial charge in [0.05, 0.1) is 6.54 Å². The van der Waals surface area contributed by atoms with E-state index >= 15 is 8.78 Å². The second-order valence-corrected chi connectivity index (χ2v) is 9.64. The van der Waals surface area contributed by atoms with Crippen molar-refractivity contribution in [2.45, 2.75) is 42.7 Å². The van der Waals surface area contributed by atoms with Crippen molar-refractivity contribution in [2.24, 2.45) is 5.41 Å². The zero-order chi connectivity index (χ0) is 25.8. The summed E-state index contributed by atoms with van der Waals surface area (Å²) in [6.45, 7) is -0.960. The van der Waals surface area contributed by atoms with Gasteiger partial charge in [-0.25, -0.2) is 22.2 Å². The SMILES string of the molecule is CNC(=O)COc1ccc(C23CC(C(F)(F)[C@](O)(Cn4cnnn4)c4ccc(F)cc4F)(C2)C3)cc1. The Kier molecular flexibility index (Phi) is 5.54. The number of benzene rings is 2. The molecule has 1 heterocycles. The third kappa shape index (κ3) is 3.54. The fourth-order valence-electron chi connectivity index (χ4n) is 5.66. The molecule has 0 spiro atoms. The summed E-state index contributed by atoms with van der Waals surface area (Å²) in [5.74, 6) is -5.83. The van der Waals surface area contributed by atoms with Gasteiger partial charge in [-0.05, 0) is 64.9 Å². The maximum absolute atomic E-state index is 16.2. The summed E-state index contributed by atoms with van der Waals surface area (Å²) < 4.78 is 66.9. The molecular weight excluding hydrogens is 482 g/mol. The summed E-state index contributed by atoms with van der Waals surface area (Å²) in [5, 5.41) is 24.2. The second kappa shape index (κ2) is 8.26. The Balaban J connectivity index is 1.39. The van der Waals surface area contributed by atoms with Crippen molar-refractivity contribution < 1.29 is 32.2 Å². The molecule has 190 valence electrons. The standard InChI is InChI=1S/C24H23F4N5O3/c1-29-20(34)9-36-17-5-2-15(3-6-17)21-10-22(11-21,12-21)24(27,28)23(35,13-33-14-30-31-32-33)18-7-4-16(25)8-19(18)26/h2-8,14,35H,9-13H2,1H3,(H,29,34)/t21?,22?,23-/m0/s1. The van der Waals surface area contributed by atoms with Crippen LogP contribution in [0.1, 0.15) is 30.4 Å². The Labute approximate surface area is 203 Å². The van der Waals surface area contributed by atoms with Crippen molar-refractivity contribution in [3.05, 3.63) is 71.6 Å². The summed E-state index contributed by atoms with van der Waals surface area (Å²) in [5.41, 5.74) is -4.99. The predicted molar refractivity (Wildman–Crippen MR) is 117 cm³/mol. The van der Waals surface area contributed by atoms with E-state index in [9.17, 15) is 18.7 Å². The number of halogens is 4. The maximum atomic E-state index is 16.2. The molecule has 3 saturated carbocycles. The van der Waals surface area contributed by atoms with E-state index in [1.807, 2.05) is 0 Å². The van der Waals surface area contributed by atoms with E-state index in [1.165, 1.54) is 7.05 Å². The minimum atomic E-state index is -3.79. The average Bonchev–Trinajstić information content (AvgIpc) is 3.29. The number of aliphatic hydroxyl groups is 1. The molecule has 2 N–H and O–H groups in total. The van der Waals surface area contributed by atoms with E-state index in [1.54, 1.807) is 24.3 Å². The van der Waals surface area contributed by atoms with Gasteiger partial charge in [0, 0.05) is 24.1 Å². The molecule has 0 saturated heterocycles. The van der Waals surface area contributed by atoms with Crippen LogP contribution < -0.4 is 10.1 Å². The van der Waals surface area contributed by atoms with E-state index in [0.29, 0.717) is 11.8 Å². The number of nitrogens with zero attached hydrogens (tertiary/aromatic N) is 4. The molecular formula is C24H23F4N5O3. The minimum absolute atomic E-state index is 0.0756. The van der Waals surface area contributed by atoms with E-state index in [4.69, 9.17) is 4.74 Å². The van der Waals surface area contributed by atoms with Crippen LogP contribution in [0.25, 0.3) is 0 Å². The van der Waals surface area contributed by atoms with Crippen LogP contribution in [0.2, 0.25) is 0 Å². The number of ether oxygens (including phenoxy) is 1. The number of carbonyl (C=O) groups excluding carboxylic acids is 1. The molecule has 1 amide bonds. The number of likely N-dealkylation sites (N-methyl/N-ethyl adjacent to an activating group) is 1.